The lowest BCUT2D eigenvalue weighted by molar-refractivity contribution is -0.123. The summed E-state index contributed by atoms with van der Waals surface area (Å²) in [5, 5.41) is 18.1. The number of hydrogen-bond acceptors (Lipinski definition) is 7. The first-order valence-corrected chi connectivity index (χ1v) is 12.2. The number of aromatic nitrogens is 1. The molecule has 2 aliphatic rings. The fourth-order valence-electron chi connectivity index (χ4n) is 5.02. The minimum absolute atomic E-state index is 0.206. The van der Waals surface area contributed by atoms with Crippen molar-refractivity contribution in [2.45, 2.75) is 38.5 Å². The Balaban J connectivity index is 0.000000520. The topological polar surface area (TPSA) is 116 Å². The number of rotatable bonds is 6. The van der Waals surface area contributed by atoms with Gasteiger partial charge in [0.25, 0.3) is 18.5 Å². The summed E-state index contributed by atoms with van der Waals surface area (Å²) in [4.78, 5) is 34.7. The molecule has 2 bridgehead atoms. The molecular weight excluding hydrogens is 470 g/mol. The van der Waals surface area contributed by atoms with Crippen molar-refractivity contribution in [3.05, 3.63) is 80.3 Å². The zero-order valence-corrected chi connectivity index (χ0v) is 20.5. The second-order valence-electron chi connectivity index (χ2n) is 8.84. The average Bonchev–Trinajstić information content (AvgIpc) is 3.52. The molecule has 0 saturated carbocycles. The van der Waals surface area contributed by atoms with Crippen molar-refractivity contribution in [1.29, 1.82) is 0 Å². The van der Waals surface area contributed by atoms with E-state index in [2.05, 4.69) is 50.4 Å². The number of carbonyl (C=O) groups is 2. The van der Waals surface area contributed by atoms with Gasteiger partial charge in [-0.2, -0.15) is 11.3 Å². The van der Waals surface area contributed by atoms with E-state index >= 15 is 0 Å². The highest BCUT2D eigenvalue weighted by Crippen LogP contribution is 2.35. The smallest absolute Gasteiger partial charge is 0.290 e. The van der Waals surface area contributed by atoms with Crippen molar-refractivity contribution >= 4 is 24.3 Å². The second kappa shape index (κ2) is 13.0. The molecule has 0 radical (unpaired) electrons. The first-order valence-electron chi connectivity index (χ1n) is 11.3. The molecule has 2 atom stereocenters. The second-order valence-corrected chi connectivity index (χ2v) is 9.62. The summed E-state index contributed by atoms with van der Waals surface area (Å²) in [5.74, 6) is 0.990. The third-order valence-electron chi connectivity index (χ3n) is 6.22. The van der Waals surface area contributed by atoms with Crippen LogP contribution in [-0.4, -0.2) is 57.7 Å². The average molecular weight is 502 g/mol. The van der Waals surface area contributed by atoms with Crippen LogP contribution in [0.25, 0.3) is 0 Å². The van der Waals surface area contributed by atoms with Gasteiger partial charge in [-0.3, -0.25) is 24.2 Å². The molecule has 188 valence electrons. The largest absolute Gasteiger partial charge is 0.483 e. The Morgan fingerprint density at radius 1 is 1.09 bits per heavy atom. The van der Waals surface area contributed by atoms with E-state index in [-0.39, 0.29) is 18.5 Å². The van der Waals surface area contributed by atoms with E-state index in [1.54, 1.807) is 17.6 Å². The van der Waals surface area contributed by atoms with Gasteiger partial charge in [0, 0.05) is 62.0 Å². The third-order valence-corrected chi connectivity index (χ3v) is 6.95. The SMILES string of the molecule is CN(Cc1ccsc1)Cc1ccc2n(c1=O)C[C@H]1C[C@@H]2CN(Cc2ccoc2)C1.O=CO.O=CO. The van der Waals surface area contributed by atoms with Gasteiger partial charge < -0.3 is 19.2 Å². The Bertz CT molecular complexity index is 1110. The molecule has 0 unspecified atom stereocenters. The zero-order valence-electron chi connectivity index (χ0n) is 19.7. The van der Waals surface area contributed by atoms with Crippen LogP contribution in [-0.2, 0) is 35.8 Å². The van der Waals surface area contributed by atoms with Crippen molar-refractivity contribution in [2.24, 2.45) is 5.92 Å². The van der Waals surface area contributed by atoms with Crippen LogP contribution in [0.2, 0.25) is 0 Å². The zero-order chi connectivity index (χ0) is 25.2. The van der Waals surface area contributed by atoms with E-state index in [1.165, 1.54) is 23.2 Å². The van der Waals surface area contributed by atoms with E-state index in [9.17, 15) is 4.79 Å². The number of carboxylic acid groups (broad SMARTS) is 2. The van der Waals surface area contributed by atoms with Gasteiger partial charge in [-0.15, -0.1) is 0 Å². The summed E-state index contributed by atoms with van der Waals surface area (Å²) in [6.45, 7) is 4.90. The molecule has 3 aromatic heterocycles. The molecule has 10 heteroatoms. The fourth-order valence-corrected chi connectivity index (χ4v) is 5.68. The molecule has 9 nitrogen and oxygen atoms in total. The molecule has 0 aliphatic carbocycles. The van der Waals surface area contributed by atoms with Crippen LogP contribution in [0.3, 0.4) is 0 Å². The quantitative estimate of drug-likeness (QED) is 0.495. The molecule has 5 heterocycles. The minimum atomic E-state index is -0.250. The molecule has 35 heavy (non-hydrogen) atoms. The van der Waals surface area contributed by atoms with Crippen LogP contribution < -0.4 is 5.56 Å². The Hall–Kier alpha value is -3.21. The van der Waals surface area contributed by atoms with Crippen molar-refractivity contribution in [3.63, 3.8) is 0 Å². The molecule has 5 rings (SSSR count). The van der Waals surface area contributed by atoms with Crippen molar-refractivity contribution in [2.75, 3.05) is 20.1 Å². The predicted octanol–water partition coefficient (Wildman–Crippen LogP) is 3.16. The van der Waals surface area contributed by atoms with Crippen LogP contribution in [0.1, 0.15) is 34.7 Å². The number of furan rings is 1. The third kappa shape index (κ3) is 7.14. The summed E-state index contributed by atoms with van der Waals surface area (Å²) in [6, 6.07) is 8.46. The van der Waals surface area contributed by atoms with E-state index in [0.717, 1.165) is 38.3 Å². The molecule has 0 aromatic carbocycles. The lowest BCUT2D eigenvalue weighted by Crippen LogP contribution is -2.47. The lowest BCUT2D eigenvalue weighted by atomic mass is 9.83. The van der Waals surface area contributed by atoms with Gasteiger partial charge in [0.1, 0.15) is 0 Å². The molecule has 2 N–H and O–H groups in total. The Labute approximate surface area is 207 Å². The van der Waals surface area contributed by atoms with Crippen molar-refractivity contribution < 1.29 is 24.2 Å². The Morgan fingerprint density at radius 2 is 1.86 bits per heavy atom. The predicted molar refractivity (Wildman–Crippen MR) is 132 cm³/mol. The van der Waals surface area contributed by atoms with Crippen molar-refractivity contribution in [1.82, 2.24) is 14.4 Å². The van der Waals surface area contributed by atoms with Gasteiger partial charge in [-0.05, 0) is 53.9 Å². The summed E-state index contributed by atoms with van der Waals surface area (Å²) < 4.78 is 7.30. The summed E-state index contributed by atoms with van der Waals surface area (Å²) in [7, 11) is 2.09. The maximum atomic E-state index is 13.2. The van der Waals surface area contributed by atoms with Crippen LogP contribution in [0.4, 0.5) is 0 Å². The molecule has 0 amide bonds. The molecule has 1 saturated heterocycles. The molecule has 2 aliphatic heterocycles. The van der Waals surface area contributed by atoms with Gasteiger partial charge in [0.05, 0.1) is 12.5 Å². The van der Waals surface area contributed by atoms with E-state index < -0.39 is 0 Å². The summed E-state index contributed by atoms with van der Waals surface area (Å²) >= 11 is 1.72. The standard InChI is InChI=1S/C23H27N3O2S.2CH2O2/c1-24(9-18-5-7-29-16-18)13-20-2-3-22-21-8-19(12-26(22)23(20)27)11-25(14-21)10-17-4-6-28-15-17;2*2-1-3/h2-7,15-16,19,21H,8-14H2,1H3;2*1H,(H,2,3)/t19-,21+;;/m0../s1. The number of nitrogens with zero attached hydrogens (tertiary/aromatic N) is 3. The first kappa shape index (κ1) is 26.4. The normalized spacial score (nSPS) is 18.5. The minimum Gasteiger partial charge on any atom is -0.483 e. The molecule has 1 fully saturated rings. The fraction of sp³-hybridized carbons (Fsp3) is 0.400. The maximum absolute atomic E-state index is 13.2. The van der Waals surface area contributed by atoms with Gasteiger partial charge in [0.2, 0.25) is 0 Å². The summed E-state index contributed by atoms with van der Waals surface area (Å²) in [6.07, 6.45) is 4.77. The molecule has 3 aromatic rings. The Morgan fingerprint density at radius 3 is 2.51 bits per heavy atom. The van der Waals surface area contributed by atoms with Crippen molar-refractivity contribution in [3.8, 4) is 0 Å². The molecular formula is C25H31N3O6S. The number of thiophene rings is 1. The van der Waals surface area contributed by atoms with Crippen LogP contribution in [0.15, 0.2) is 56.8 Å². The number of pyridine rings is 1. The van der Waals surface area contributed by atoms with Gasteiger partial charge >= 0.3 is 0 Å². The van der Waals surface area contributed by atoms with E-state index in [0.29, 0.717) is 18.4 Å². The number of likely N-dealkylation sites (tertiary alicyclic amines) is 1. The van der Waals surface area contributed by atoms with Crippen LogP contribution >= 0.6 is 11.3 Å². The van der Waals surface area contributed by atoms with Crippen LogP contribution in [0.5, 0.6) is 0 Å². The number of piperidine rings is 1. The Kier molecular flexibility index (Phi) is 9.83. The van der Waals surface area contributed by atoms with E-state index in [1.807, 2.05) is 12.3 Å². The monoisotopic (exact) mass is 501 g/mol. The number of fused-ring (bicyclic) bond motifs is 4. The lowest BCUT2D eigenvalue weighted by Gasteiger charge is -2.43. The maximum Gasteiger partial charge on any atom is 0.290 e. The summed E-state index contributed by atoms with van der Waals surface area (Å²) in [5.41, 5.74) is 4.86. The van der Waals surface area contributed by atoms with Gasteiger partial charge in [-0.1, -0.05) is 6.07 Å². The van der Waals surface area contributed by atoms with Gasteiger partial charge in [-0.25, -0.2) is 0 Å². The van der Waals surface area contributed by atoms with E-state index in [4.69, 9.17) is 24.2 Å². The highest BCUT2D eigenvalue weighted by atomic mass is 32.1. The highest BCUT2D eigenvalue weighted by Gasteiger charge is 2.35. The highest BCUT2D eigenvalue weighted by molar-refractivity contribution is 7.07. The van der Waals surface area contributed by atoms with Gasteiger partial charge in [0.15, 0.2) is 0 Å². The number of hydrogen-bond donors (Lipinski definition) is 2. The molecule has 0 spiro atoms. The van der Waals surface area contributed by atoms with Crippen LogP contribution in [0, 0.1) is 5.92 Å². The first-order chi connectivity index (χ1) is 17.0.